The molecule has 2 N–H and O–H groups in total. The van der Waals surface area contributed by atoms with Crippen LogP contribution < -0.4 is 0 Å². The van der Waals surface area contributed by atoms with Crippen molar-refractivity contribution in [3.63, 3.8) is 0 Å². The number of aliphatic hydroxyl groups is 2. The van der Waals surface area contributed by atoms with Gasteiger partial charge in [0.1, 0.15) is 0 Å². The second kappa shape index (κ2) is 6.83. The van der Waals surface area contributed by atoms with Gasteiger partial charge in [0.15, 0.2) is 0 Å². The summed E-state index contributed by atoms with van der Waals surface area (Å²) >= 11 is 0. The fourth-order valence-electron chi connectivity index (χ4n) is 10.4. The van der Waals surface area contributed by atoms with E-state index in [1.807, 2.05) is 0 Å². The van der Waals surface area contributed by atoms with Gasteiger partial charge in [0.2, 0.25) is 0 Å². The van der Waals surface area contributed by atoms with Crippen LogP contribution in [0.3, 0.4) is 0 Å². The van der Waals surface area contributed by atoms with E-state index in [1.165, 1.54) is 56.9 Å². The molecule has 5 aliphatic rings. The van der Waals surface area contributed by atoms with Crippen molar-refractivity contribution in [2.24, 2.45) is 45.3 Å². The summed E-state index contributed by atoms with van der Waals surface area (Å²) in [5.74, 6) is 2.69. The average molecular weight is 415 g/mol. The third-order valence-corrected chi connectivity index (χ3v) is 12.1. The molecule has 30 heavy (non-hydrogen) atoms. The molecule has 5 aliphatic carbocycles. The summed E-state index contributed by atoms with van der Waals surface area (Å²) in [4.78, 5) is 0. The maximum atomic E-state index is 11.3. The Bertz CT molecular complexity index is 724. The van der Waals surface area contributed by atoms with E-state index in [4.69, 9.17) is 0 Å². The Balaban J connectivity index is 1.41. The lowest BCUT2D eigenvalue weighted by atomic mass is 9.43. The summed E-state index contributed by atoms with van der Waals surface area (Å²) in [7, 11) is 0. The van der Waals surface area contributed by atoms with Crippen LogP contribution >= 0.6 is 0 Å². The molecular formula is C28H46O2. The lowest BCUT2D eigenvalue weighted by Gasteiger charge is -2.62. The van der Waals surface area contributed by atoms with Crippen molar-refractivity contribution in [2.75, 3.05) is 0 Å². The molecule has 0 saturated heterocycles. The Hall–Kier alpha value is -0.340. The number of aliphatic hydroxyl groups excluding tert-OH is 2. The van der Waals surface area contributed by atoms with Crippen molar-refractivity contribution in [1.82, 2.24) is 0 Å². The van der Waals surface area contributed by atoms with Crippen LogP contribution in [0.15, 0.2) is 11.6 Å². The van der Waals surface area contributed by atoms with Gasteiger partial charge in [-0.2, -0.15) is 0 Å². The van der Waals surface area contributed by atoms with Crippen molar-refractivity contribution in [1.29, 1.82) is 0 Å². The van der Waals surface area contributed by atoms with E-state index in [-0.39, 0.29) is 12.2 Å². The topological polar surface area (TPSA) is 40.5 Å². The van der Waals surface area contributed by atoms with Gasteiger partial charge in [-0.1, -0.05) is 32.4 Å². The predicted octanol–water partition coefficient (Wildman–Crippen LogP) is 6.50. The van der Waals surface area contributed by atoms with Crippen molar-refractivity contribution < 1.29 is 10.2 Å². The Morgan fingerprint density at radius 2 is 1.73 bits per heavy atom. The van der Waals surface area contributed by atoms with E-state index in [1.54, 1.807) is 0 Å². The van der Waals surface area contributed by atoms with E-state index in [0.29, 0.717) is 33.5 Å². The number of allylic oxidation sites excluding steroid dienone is 2. The number of hydrogen-bond acceptors (Lipinski definition) is 2. The van der Waals surface area contributed by atoms with E-state index < -0.39 is 0 Å². The highest BCUT2D eigenvalue weighted by Crippen LogP contribution is 2.87. The van der Waals surface area contributed by atoms with Crippen molar-refractivity contribution in [2.45, 2.75) is 117 Å². The molecule has 0 heterocycles. The van der Waals surface area contributed by atoms with E-state index in [2.05, 4.69) is 40.7 Å². The second-order valence-corrected chi connectivity index (χ2v) is 13.2. The summed E-state index contributed by atoms with van der Waals surface area (Å²) < 4.78 is 0. The Morgan fingerprint density at radius 1 is 0.967 bits per heavy atom. The molecule has 5 fully saturated rings. The van der Waals surface area contributed by atoms with Crippen LogP contribution in [0.4, 0.5) is 0 Å². The molecule has 0 amide bonds. The summed E-state index contributed by atoms with van der Waals surface area (Å²) in [5, 5.41) is 21.6. The van der Waals surface area contributed by atoms with Gasteiger partial charge in [-0.15, -0.1) is 0 Å². The van der Waals surface area contributed by atoms with Crippen molar-refractivity contribution >= 4 is 0 Å². The fourth-order valence-corrected chi connectivity index (χ4v) is 10.4. The minimum absolute atomic E-state index is 0.175. The molecule has 0 aromatic rings. The largest absolute Gasteiger partial charge is 0.393 e. The first kappa shape index (κ1) is 21.5. The molecule has 10 atom stereocenters. The lowest BCUT2D eigenvalue weighted by Crippen LogP contribution is -2.57. The molecule has 0 aliphatic heterocycles. The number of hydrogen-bond donors (Lipinski definition) is 2. The maximum Gasteiger partial charge on any atom is 0.0577 e. The quantitative estimate of drug-likeness (QED) is 0.515. The van der Waals surface area contributed by atoms with Gasteiger partial charge in [0.25, 0.3) is 0 Å². The van der Waals surface area contributed by atoms with Crippen molar-refractivity contribution in [3.8, 4) is 0 Å². The minimum atomic E-state index is -0.186. The van der Waals surface area contributed by atoms with Gasteiger partial charge in [0.05, 0.1) is 12.2 Å². The van der Waals surface area contributed by atoms with Crippen LogP contribution in [0.2, 0.25) is 0 Å². The van der Waals surface area contributed by atoms with E-state index in [9.17, 15) is 10.2 Å². The van der Waals surface area contributed by atoms with Crippen LogP contribution in [0.1, 0.15) is 105 Å². The third-order valence-electron chi connectivity index (χ3n) is 12.1. The molecule has 0 aromatic heterocycles. The molecule has 5 rings (SSSR count). The zero-order valence-electron chi connectivity index (χ0n) is 20.2. The highest BCUT2D eigenvalue weighted by atomic mass is 16.3. The van der Waals surface area contributed by atoms with Crippen LogP contribution in [0.25, 0.3) is 0 Å². The maximum absolute atomic E-state index is 11.3. The summed E-state index contributed by atoms with van der Waals surface area (Å²) in [5.41, 5.74) is 3.12. The zero-order chi connectivity index (χ0) is 21.5. The molecule has 170 valence electrons. The van der Waals surface area contributed by atoms with Crippen LogP contribution in [0, 0.1) is 45.3 Å². The molecular weight excluding hydrogens is 368 g/mol. The number of rotatable bonds is 4. The molecule has 2 spiro atoms. The Kier molecular flexibility index (Phi) is 4.90. The Labute approximate surface area is 184 Å². The normalized spacial score (nSPS) is 55.0. The van der Waals surface area contributed by atoms with Gasteiger partial charge in [-0.05, 0) is 130 Å². The van der Waals surface area contributed by atoms with Gasteiger partial charge in [-0.25, -0.2) is 0 Å². The van der Waals surface area contributed by atoms with Gasteiger partial charge in [0, 0.05) is 0 Å². The van der Waals surface area contributed by atoms with Crippen molar-refractivity contribution in [3.05, 3.63) is 11.6 Å². The Morgan fingerprint density at radius 3 is 2.47 bits per heavy atom. The van der Waals surface area contributed by atoms with Crippen LogP contribution in [-0.2, 0) is 0 Å². The molecule has 0 radical (unpaired) electrons. The van der Waals surface area contributed by atoms with Crippen LogP contribution in [-0.4, -0.2) is 22.4 Å². The summed E-state index contributed by atoms with van der Waals surface area (Å²) in [6.07, 6.45) is 15.5. The molecule has 0 bridgehead atoms. The average Bonchev–Trinajstić information content (AvgIpc) is 3.25. The predicted molar refractivity (Wildman–Crippen MR) is 123 cm³/mol. The van der Waals surface area contributed by atoms with Gasteiger partial charge in [-0.3, -0.25) is 0 Å². The second-order valence-electron chi connectivity index (χ2n) is 13.2. The fraction of sp³-hybridized carbons (Fsp3) is 0.929. The molecule has 0 aromatic carbocycles. The molecule has 1 unspecified atom stereocenters. The minimum Gasteiger partial charge on any atom is -0.393 e. The molecule has 2 nitrogen and oxygen atoms in total. The van der Waals surface area contributed by atoms with Crippen LogP contribution in [0.5, 0.6) is 0 Å². The molecule has 5 saturated carbocycles. The lowest BCUT2D eigenvalue weighted by molar-refractivity contribution is -0.164. The summed E-state index contributed by atoms with van der Waals surface area (Å²) in [6.45, 7) is 12.2. The first-order chi connectivity index (χ1) is 14.1. The first-order valence-corrected chi connectivity index (χ1v) is 13.1. The van der Waals surface area contributed by atoms with Gasteiger partial charge < -0.3 is 10.2 Å². The highest BCUT2D eigenvalue weighted by molar-refractivity contribution is 5.30. The smallest absolute Gasteiger partial charge is 0.0577 e. The summed E-state index contributed by atoms with van der Waals surface area (Å²) in [6, 6.07) is 0. The molecule has 2 heteroatoms. The highest BCUT2D eigenvalue weighted by Gasteiger charge is 2.81. The zero-order valence-corrected chi connectivity index (χ0v) is 20.2. The third kappa shape index (κ3) is 2.62. The standard InChI is InChI=1S/C28H46O2/c1-18(2)7-6-8-19(3)21-10-11-26(5)24-16-23(30)22-15-20(29)9-12-27(22)17-28(24,27)14-13-25(21,26)4/h7,19-24,29-30H,6,8-17H2,1-5H3/t19-,20+,21-,22?,23+,24+,25-,26+,27-,28+/m1/s1. The first-order valence-electron chi connectivity index (χ1n) is 13.1. The van der Waals surface area contributed by atoms with E-state index in [0.717, 1.165) is 31.1 Å². The van der Waals surface area contributed by atoms with Gasteiger partial charge >= 0.3 is 0 Å². The number of fused-ring (bicyclic) bond motifs is 2. The monoisotopic (exact) mass is 414 g/mol. The SMILES string of the molecule is CC(C)=CCC[C@@H](C)[C@H]1CC[C@@]2(C)[C@@H]3C[C@H](O)C4C[C@@H](O)CC[C@@]45C[C@@]35CC[C@]12C. The van der Waals surface area contributed by atoms with E-state index >= 15 is 0 Å².